The van der Waals surface area contributed by atoms with E-state index in [9.17, 15) is 4.39 Å². The van der Waals surface area contributed by atoms with Crippen molar-refractivity contribution in [2.45, 2.75) is 20.4 Å². The normalized spacial score (nSPS) is 10.5. The molecule has 0 aromatic heterocycles. The number of hydrogen-bond acceptors (Lipinski definition) is 2. The van der Waals surface area contributed by atoms with Gasteiger partial charge in [-0.1, -0.05) is 23.8 Å². The molecule has 2 rings (SSSR count). The van der Waals surface area contributed by atoms with Gasteiger partial charge in [-0.25, -0.2) is 4.39 Å². The maximum absolute atomic E-state index is 13.5. The lowest BCUT2D eigenvalue weighted by Crippen LogP contribution is -2.06. The number of rotatable bonds is 4. The van der Waals surface area contributed by atoms with Gasteiger partial charge in [-0.2, -0.15) is 0 Å². The molecular weight excluding hydrogens is 241 g/mol. The first-order valence-corrected chi connectivity index (χ1v) is 6.28. The molecule has 2 aromatic rings. The van der Waals surface area contributed by atoms with Crippen molar-refractivity contribution in [3.05, 3.63) is 58.9 Å². The quantitative estimate of drug-likeness (QED) is 0.897. The first kappa shape index (κ1) is 13.6. The Morgan fingerprint density at radius 3 is 2.58 bits per heavy atom. The molecular formula is C16H18FNO. The van der Waals surface area contributed by atoms with Crippen molar-refractivity contribution in [1.82, 2.24) is 5.32 Å². The molecule has 0 radical (unpaired) electrons. The van der Waals surface area contributed by atoms with Gasteiger partial charge in [0.15, 0.2) is 0 Å². The molecule has 1 N–H and O–H groups in total. The minimum atomic E-state index is -0.250. The van der Waals surface area contributed by atoms with Crippen LogP contribution in [0.2, 0.25) is 0 Å². The van der Waals surface area contributed by atoms with E-state index in [1.165, 1.54) is 11.6 Å². The summed E-state index contributed by atoms with van der Waals surface area (Å²) in [6.07, 6.45) is 0. The number of ether oxygens (including phenoxy) is 1. The van der Waals surface area contributed by atoms with Crippen LogP contribution in [-0.2, 0) is 6.54 Å². The zero-order chi connectivity index (χ0) is 13.8. The SMILES string of the molecule is CNCc1cc(C)ccc1Oc1ccc(C)c(F)c1. The van der Waals surface area contributed by atoms with Gasteiger partial charge in [0.1, 0.15) is 17.3 Å². The van der Waals surface area contributed by atoms with Gasteiger partial charge in [-0.05, 0) is 38.6 Å². The molecule has 0 bridgehead atoms. The van der Waals surface area contributed by atoms with Crippen LogP contribution in [0, 0.1) is 19.7 Å². The average Bonchev–Trinajstić information content (AvgIpc) is 2.37. The van der Waals surface area contributed by atoms with Crippen LogP contribution in [0.5, 0.6) is 11.5 Å². The molecule has 100 valence electrons. The van der Waals surface area contributed by atoms with Crippen molar-refractivity contribution in [3.8, 4) is 11.5 Å². The van der Waals surface area contributed by atoms with Gasteiger partial charge in [0.2, 0.25) is 0 Å². The third kappa shape index (κ3) is 3.32. The summed E-state index contributed by atoms with van der Waals surface area (Å²) in [5.74, 6) is 1.02. The van der Waals surface area contributed by atoms with Gasteiger partial charge in [0.25, 0.3) is 0 Å². The van der Waals surface area contributed by atoms with E-state index in [0.29, 0.717) is 17.9 Å². The minimum Gasteiger partial charge on any atom is -0.457 e. The second kappa shape index (κ2) is 5.85. The minimum absolute atomic E-state index is 0.250. The van der Waals surface area contributed by atoms with Crippen LogP contribution in [-0.4, -0.2) is 7.05 Å². The molecule has 0 spiro atoms. The highest BCUT2D eigenvalue weighted by Crippen LogP contribution is 2.27. The molecule has 0 saturated carbocycles. The fraction of sp³-hybridized carbons (Fsp3) is 0.250. The van der Waals surface area contributed by atoms with E-state index in [1.54, 1.807) is 19.1 Å². The third-order valence-electron chi connectivity index (χ3n) is 2.95. The third-order valence-corrected chi connectivity index (χ3v) is 2.95. The molecule has 0 saturated heterocycles. The van der Waals surface area contributed by atoms with E-state index in [4.69, 9.17) is 4.74 Å². The Bertz CT molecular complexity index is 581. The van der Waals surface area contributed by atoms with Gasteiger partial charge in [0, 0.05) is 18.2 Å². The van der Waals surface area contributed by atoms with Gasteiger partial charge in [0.05, 0.1) is 0 Å². The smallest absolute Gasteiger partial charge is 0.131 e. The van der Waals surface area contributed by atoms with Crippen molar-refractivity contribution in [2.24, 2.45) is 0 Å². The Labute approximate surface area is 113 Å². The molecule has 2 nitrogen and oxygen atoms in total. The van der Waals surface area contributed by atoms with E-state index in [2.05, 4.69) is 11.4 Å². The zero-order valence-corrected chi connectivity index (χ0v) is 11.5. The Kier molecular flexibility index (Phi) is 4.17. The lowest BCUT2D eigenvalue weighted by atomic mass is 10.1. The largest absolute Gasteiger partial charge is 0.457 e. The molecule has 3 heteroatoms. The maximum Gasteiger partial charge on any atom is 0.131 e. The summed E-state index contributed by atoms with van der Waals surface area (Å²) in [5, 5.41) is 3.10. The predicted molar refractivity (Wildman–Crippen MR) is 75.2 cm³/mol. The van der Waals surface area contributed by atoms with E-state index < -0.39 is 0 Å². The summed E-state index contributed by atoms with van der Waals surface area (Å²) in [4.78, 5) is 0. The number of halogens is 1. The molecule has 0 aliphatic heterocycles. The number of aryl methyl sites for hydroxylation is 2. The highest BCUT2D eigenvalue weighted by molar-refractivity contribution is 5.40. The lowest BCUT2D eigenvalue weighted by molar-refractivity contribution is 0.468. The second-order valence-corrected chi connectivity index (χ2v) is 4.65. The fourth-order valence-electron chi connectivity index (χ4n) is 1.90. The topological polar surface area (TPSA) is 21.3 Å². The molecule has 0 amide bonds. The van der Waals surface area contributed by atoms with Crippen molar-refractivity contribution in [2.75, 3.05) is 7.05 Å². The van der Waals surface area contributed by atoms with Crippen LogP contribution in [0.15, 0.2) is 36.4 Å². The number of benzene rings is 2. The van der Waals surface area contributed by atoms with Gasteiger partial charge in [-0.15, -0.1) is 0 Å². The average molecular weight is 259 g/mol. The maximum atomic E-state index is 13.5. The summed E-state index contributed by atoms with van der Waals surface area (Å²) in [6, 6.07) is 10.9. The summed E-state index contributed by atoms with van der Waals surface area (Å²) >= 11 is 0. The monoisotopic (exact) mass is 259 g/mol. The molecule has 0 unspecified atom stereocenters. The summed E-state index contributed by atoms with van der Waals surface area (Å²) in [6.45, 7) is 4.48. The standard InChI is InChI=1S/C16H18FNO/c1-11-4-7-16(13(8-11)10-18-3)19-14-6-5-12(2)15(17)9-14/h4-9,18H,10H2,1-3H3. The number of hydrogen-bond donors (Lipinski definition) is 1. The van der Waals surface area contributed by atoms with Crippen LogP contribution in [0.4, 0.5) is 4.39 Å². The Hall–Kier alpha value is -1.87. The Morgan fingerprint density at radius 1 is 1.11 bits per heavy atom. The molecule has 0 aliphatic carbocycles. The number of nitrogens with one attached hydrogen (secondary N) is 1. The molecule has 2 aromatic carbocycles. The van der Waals surface area contributed by atoms with Crippen molar-refractivity contribution >= 4 is 0 Å². The zero-order valence-electron chi connectivity index (χ0n) is 11.5. The van der Waals surface area contributed by atoms with Gasteiger partial charge >= 0.3 is 0 Å². The molecule has 0 heterocycles. The highest BCUT2D eigenvalue weighted by Gasteiger charge is 2.06. The van der Waals surface area contributed by atoms with E-state index in [0.717, 1.165) is 11.3 Å². The van der Waals surface area contributed by atoms with Crippen molar-refractivity contribution in [1.29, 1.82) is 0 Å². The van der Waals surface area contributed by atoms with Gasteiger partial charge < -0.3 is 10.1 Å². The van der Waals surface area contributed by atoms with Crippen LogP contribution < -0.4 is 10.1 Å². The first-order valence-electron chi connectivity index (χ1n) is 6.28. The molecule has 0 aliphatic rings. The Morgan fingerprint density at radius 2 is 1.89 bits per heavy atom. The van der Waals surface area contributed by atoms with Crippen LogP contribution in [0.1, 0.15) is 16.7 Å². The van der Waals surface area contributed by atoms with Crippen LogP contribution >= 0.6 is 0 Å². The lowest BCUT2D eigenvalue weighted by Gasteiger charge is -2.12. The van der Waals surface area contributed by atoms with E-state index >= 15 is 0 Å². The fourth-order valence-corrected chi connectivity index (χ4v) is 1.90. The molecule has 19 heavy (non-hydrogen) atoms. The van der Waals surface area contributed by atoms with E-state index in [-0.39, 0.29) is 5.82 Å². The van der Waals surface area contributed by atoms with Crippen LogP contribution in [0.3, 0.4) is 0 Å². The van der Waals surface area contributed by atoms with Crippen molar-refractivity contribution in [3.63, 3.8) is 0 Å². The summed E-state index contributed by atoms with van der Waals surface area (Å²) in [7, 11) is 1.89. The molecule has 0 atom stereocenters. The second-order valence-electron chi connectivity index (χ2n) is 4.65. The van der Waals surface area contributed by atoms with E-state index in [1.807, 2.05) is 26.1 Å². The van der Waals surface area contributed by atoms with Crippen LogP contribution in [0.25, 0.3) is 0 Å². The first-order chi connectivity index (χ1) is 9.10. The Balaban J connectivity index is 2.29. The summed E-state index contributed by atoms with van der Waals surface area (Å²) in [5.41, 5.74) is 2.85. The summed E-state index contributed by atoms with van der Waals surface area (Å²) < 4.78 is 19.3. The predicted octanol–water partition coefficient (Wildman–Crippen LogP) is 3.95. The van der Waals surface area contributed by atoms with Gasteiger partial charge in [-0.3, -0.25) is 0 Å². The highest BCUT2D eigenvalue weighted by atomic mass is 19.1. The molecule has 0 fully saturated rings. The van der Waals surface area contributed by atoms with Crippen molar-refractivity contribution < 1.29 is 9.13 Å².